The van der Waals surface area contributed by atoms with Gasteiger partial charge in [0.2, 0.25) is 5.79 Å². The maximum absolute atomic E-state index is 13.6. The van der Waals surface area contributed by atoms with Crippen LogP contribution in [0.5, 0.6) is 5.75 Å². The highest BCUT2D eigenvalue weighted by atomic mass is 32.2. The second kappa shape index (κ2) is 16.0. The maximum atomic E-state index is 13.6. The number of ether oxygens (including phenoxy) is 4. The van der Waals surface area contributed by atoms with Crippen LogP contribution < -0.4 is 15.0 Å². The molecule has 1 fully saturated rings. The van der Waals surface area contributed by atoms with E-state index in [1.54, 1.807) is 31.0 Å². The first-order valence-corrected chi connectivity index (χ1v) is 22.3. The molecule has 0 amide bonds. The van der Waals surface area contributed by atoms with Crippen LogP contribution in [0.15, 0.2) is 52.1 Å². The number of nitrogens with zero attached hydrogens (tertiary/aromatic N) is 4. The SMILES string of the molecule is COc1cc2c(ccc(=O)n2C)cc1-c1cnc([C@H](CCCCCC2(c3ncco3)OCCO2)N[S@@](=O)C(C)(C)C)n1COCC[Si](C)(C)C. The van der Waals surface area contributed by atoms with Gasteiger partial charge in [0.25, 0.3) is 11.4 Å². The summed E-state index contributed by atoms with van der Waals surface area (Å²) in [7, 11) is 0.703. The average molecular weight is 728 g/mol. The van der Waals surface area contributed by atoms with Gasteiger partial charge in [0.1, 0.15) is 24.6 Å². The number of hydrogen-bond donors (Lipinski definition) is 1. The van der Waals surface area contributed by atoms with Gasteiger partial charge in [-0.15, -0.1) is 0 Å². The van der Waals surface area contributed by atoms with Crippen molar-refractivity contribution in [3.63, 3.8) is 0 Å². The highest BCUT2D eigenvalue weighted by Crippen LogP contribution is 2.38. The van der Waals surface area contributed by atoms with E-state index in [0.29, 0.717) is 44.3 Å². The number of unbranched alkanes of at least 4 members (excludes halogenated alkanes) is 2. The molecule has 0 bridgehead atoms. The minimum Gasteiger partial charge on any atom is -0.496 e. The summed E-state index contributed by atoms with van der Waals surface area (Å²) in [5.41, 5.74) is 2.33. The van der Waals surface area contributed by atoms with Gasteiger partial charge in [-0.25, -0.2) is 18.9 Å². The van der Waals surface area contributed by atoms with Crippen LogP contribution in [0, 0.1) is 0 Å². The minimum absolute atomic E-state index is 0.0905. The predicted octanol–water partition coefficient (Wildman–Crippen LogP) is 6.65. The molecule has 0 spiro atoms. The monoisotopic (exact) mass is 727 g/mol. The van der Waals surface area contributed by atoms with Gasteiger partial charge < -0.3 is 32.5 Å². The first kappa shape index (κ1) is 38.1. The first-order valence-electron chi connectivity index (χ1n) is 17.4. The molecule has 274 valence electrons. The standard InChI is InChI=1S/C36H53N5O7SSi/c1-35(2,3)49(43)39-28(12-10-9-11-15-36(47-18-19-48-36)34-37-16-17-46-34)33-38-24-30(41(33)25-45-20-21-50(6,7)8)27-22-26-13-14-32(42)40(4)29(26)23-31(27)44-5/h13-14,16-17,22-24,28,39H,9-12,15,18-21,25H2,1-8H3/t28-,49-/m0/s1. The summed E-state index contributed by atoms with van der Waals surface area (Å²) in [5.74, 6) is 0.864. The lowest BCUT2D eigenvalue weighted by Gasteiger charge is -2.26. The van der Waals surface area contributed by atoms with Crippen LogP contribution in [0.2, 0.25) is 25.7 Å². The van der Waals surface area contributed by atoms with Gasteiger partial charge in [-0.1, -0.05) is 32.5 Å². The Balaban J connectivity index is 1.45. The first-order chi connectivity index (χ1) is 23.7. The lowest BCUT2D eigenvalue weighted by atomic mass is 10.0. The number of hydrogen-bond acceptors (Lipinski definition) is 9. The van der Waals surface area contributed by atoms with Crippen LogP contribution in [-0.2, 0) is 44.8 Å². The van der Waals surface area contributed by atoms with Crippen molar-refractivity contribution in [1.29, 1.82) is 0 Å². The third kappa shape index (κ3) is 9.01. The lowest BCUT2D eigenvalue weighted by molar-refractivity contribution is -0.187. The normalized spacial score (nSPS) is 16.2. The van der Waals surface area contributed by atoms with Gasteiger partial charge in [-0.05, 0) is 57.2 Å². The number of aromatic nitrogens is 4. The Morgan fingerprint density at radius 3 is 2.52 bits per heavy atom. The van der Waals surface area contributed by atoms with E-state index in [4.69, 9.17) is 28.3 Å². The number of nitrogens with one attached hydrogen (secondary N) is 1. The van der Waals surface area contributed by atoms with Crippen LogP contribution >= 0.6 is 0 Å². The molecule has 0 aliphatic carbocycles. The van der Waals surface area contributed by atoms with E-state index in [0.717, 1.165) is 53.3 Å². The van der Waals surface area contributed by atoms with Gasteiger partial charge in [-0.3, -0.25) is 4.79 Å². The molecular weight excluding hydrogens is 675 g/mol. The van der Waals surface area contributed by atoms with E-state index in [-0.39, 0.29) is 18.3 Å². The summed E-state index contributed by atoms with van der Waals surface area (Å²) in [4.78, 5) is 21.7. The van der Waals surface area contributed by atoms with E-state index in [1.807, 2.05) is 45.2 Å². The Morgan fingerprint density at radius 2 is 1.86 bits per heavy atom. The number of methoxy groups -OCH3 is 1. The molecule has 4 aromatic rings. The molecule has 1 aromatic carbocycles. The molecule has 50 heavy (non-hydrogen) atoms. The van der Waals surface area contributed by atoms with Crippen molar-refractivity contribution in [1.82, 2.24) is 23.8 Å². The fraction of sp³-hybridized carbons (Fsp3) is 0.583. The molecular formula is C36H53N5O7SSi. The summed E-state index contributed by atoms with van der Waals surface area (Å²) >= 11 is 0. The third-order valence-corrected chi connectivity index (χ3v) is 12.3. The van der Waals surface area contributed by atoms with E-state index < -0.39 is 29.6 Å². The van der Waals surface area contributed by atoms with Gasteiger partial charge in [0, 0.05) is 45.8 Å². The molecule has 0 unspecified atom stereocenters. The molecule has 14 heteroatoms. The lowest BCUT2D eigenvalue weighted by Crippen LogP contribution is -2.37. The summed E-state index contributed by atoms with van der Waals surface area (Å²) in [6.45, 7) is 14.8. The molecule has 1 aliphatic rings. The number of pyridine rings is 1. The number of oxazole rings is 1. The summed E-state index contributed by atoms with van der Waals surface area (Å²) in [5, 5.41) is 0.901. The van der Waals surface area contributed by atoms with E-state index in [9.17, 15) is 9.00 Å². The molecule has 4 heterocycles. The number of aryl methyl sites for hydroxylation is 1. The molecule has 0 saturated carbocycles. The van der Waals surface area contributed by atoms with Crippen LogP contribution in [0.1, 0.15) is 70.6 Å². The van der Waals surface area contributed by atoms with Crippen molar-refractivity contribution in [3.05, 3.63) is 65.0 Å². The Labute approximate surface area is 298 Å². The quantitative estimate of drug-likeness (QED) is 0.0938. The topological polar surface area (TPSA) is 132 Å². The van der Waals surface area contributed by atoms with Gasteiger partial charge in [0.05, 0.1) is 65.7 Å². The number of imidazole rings is 1. The summed E-state index contributed by atoms with van der Waals surface area (Å²) in [6, 6.07) is 8.02. The zero-order valence-electron chi connectivity index (χ0n) is 30.7. The van der Waals surface area contributed by atoms with Crippen molar-refractivity contribution in [3.8, 4) is 17.0 Å². The average Bonchev–Trinajstić information content (AvgIpc) is 3.85. The van der Waals surface area contributed by atoms with Crippen molar-refractivity contribution >= 4 is 30.0 Å². The fourth-order valence-corrected chi connectivity index (χ4v) is 7.59. The van der Waals surface area contributed by atoms with E-state index >= 15 is 0 Å². The van der Waals surface area contributed by atoms with Crippen LogP contribution in [0.4, 0.5) is 0 Å². The predicted molar refractivity (Wildman–Crippen MR) is 198 cm³/mol. The Hall–Kier alpha value is -3.14. The molecule has 3 aromatic heterocycles. The maximum Gasteiger partial charge on any atom is 0.255 e. The highest BCUT2D eigenvalue weighted by Gasteiger charge is 2.42. The molecule has 1 aliphatic heterocycles. The molecule has 1 N–H and O–H groups in total. The minimum atomic E-state index is -1.35. The zero-order chi connectivity index (χ0) is 36.1. The molecule has 1 saturated heterocycles. The number of rotatable bonds is 17. The van der Waals surface area contributed by atoms with E-state index in [2.05, 4.69) is 33.9 Å². The van der Waals surface area contributed by atoms with Gasteiger partial charge in [-0.2, -0.15) is 0 Å². The summed E-state index contributed by atoms with van der Waals surface area (Å²) in [6.07, 6.45) is 8.84. The summed E-state index contributed by atoms with van der Waals surface area (Å²) < 4.78 is 50.0. The number of fused-ring (bicyclic) bond motifs is 1. The Bertz CT molecular complexity index is 1800. The Morgan fingerprint density at radius 1 is 1.10 bits per heavy atom. The van der Waals surface area contributed by atoms with Crippen molar-refractivity contribution in [2.75, 3.05) is 26.9 Å². The zero-order valence-corrected chi connectivity index (χ0v) is 32.6. The smallest absolute Gasteiger partial charge is 0.255 e. The molecule has 2 atom stereocenters. The largest absolute Gasteiger partial charge is 0.496 e. The third-order valence-electron chi connectivity index (χ3n) is 8.95. The van der Waals surface area contributed by atoms with Crippen LogP contribution in [0.25, 0.3) is 22.2 Å². The molecule has 5 rings (SSSR count). The van der Waals surface area contributed by atoms with Crippen molar-refractivity contribution in [2.45, 2.75) is 102 Å². The second-order valence-corrected chi connectivity index (χ2v) is 22.7. The molecule has 12 nitrogen and oxygen atoms in total. The Kier molecular flexibility index (Phi) is 12.2. The number of benzene rings is 1. The second-order valence-electron chi connectivity index (χ2n) is 15.1. The van der Waals surface area contributed by atoms with Crippen LogP contribution in [-0.4, -0.2) is 63.1 Å². The molecule has 0 radical (unpaired) electrons. The fourth-order valence-electron chi connectivity index (χ4n) is 5.99. The van der Waals surface area contributed by atoms with Gasteiger partial charge in [0.15, 0.2) is 0 Å². The van der Waals surface area contributed by atoms with Crippen molar-refractivity contribution < 1.29 is 27.6 Å². The van der Waals surface area contributed by atoms with Crippen LogP contribution in [0.3, 0.4) is 0 Å². The van der Waals surface area contributed by atoms with Crippen molar-refractivity contribution in [2.24, 2.45) is 7.05 Å². The van der Waals surface area contributed by atoms with Gasteiger partial charge >= 0.3 is 0 Å². The van der Waals surface area contributed by atoms with E-state index in [1.165, 1.54) is 6.26 Å². The highest BCUT2D eigenvalue weighted by molar-refractivity contribution is 7.84.